The number of ether oxygens (including phenoxy) is 2. The lowest BCUT2D eigenvalue weighted by Crippen LogP contribution is -2.46. The van der Waals surface area contributed by atoms with Crippen LogP contribution < -0.4 is 19.7 Å². The first-order chi connectivity index (χ1) is 17.5. The Hall–Kier alpha value is -4.59. The van der Waals surface area contributed by atoms with E-state index in [1.165, 1.54) is 0 Å². The Morgan fingerprint density at radius 1 is 0.917 bits per heavy atom. The number of hydrogen-bond acceptors (Lipinski definition) is 6. The van der Waals surface area contributed by atoms with E-state index in [2.05, 4.69) is 10.5 Å². The van der Waals surface area contributed by atoms with Gasteiger partial charge in [0.15, 0.2) is 11.5 Å². The number of aromatic nitrogens is 2. The topological polar surface area (TPSA) is 89.7 Å². The predicted molar refractivity (Wildman–Crippen MR) is 137 cm³/mol. The standard InChI is InChI=1S/C28H26N4O4/c1-17-10-12-20(13-11-17)26-30-27(36-31-26)24-18(2)32(21-14-15-22(34-3)23(16-21)35-4)28(33)29-25(24)19-8-6-5-7-9-19/h5-16,25H,1-4H3,(H,29,33). The van der Waals surface area contributed by atoms with Crippen LogP contribution in [0.15, 0.2) is 83.0 Å². The molecular weight excluding hydrogens is 456 g/mol. The van der Waals surface area contributed by atoms with Gasteiger partial charge in [0, 0.05) is 17.3 Å². The number of anilines is 1. The predicted octanol–water partition coefficient (Wildman–Crippen LogP) is 5.76. The van der Waals surface area contributed by atoms with Crippen molar-refractivity contribution in [2.75, 3.05) is 19.1 Å². The van der Waals surface area contributed by atoms with Gasteiger partial charge in [-0.3, -0.25) is 4.90 Å². The van der Waals surface area contributed by atoms with Gasteiger partial charge in [0.1, 0.15) is 0 Å². The van der Waals surface area contributed by atoms with Gasteiger partial charge < -0.3 is 19.3 Å². The molecule has 1 aliphatic heterocycles. The van der Waals surface area contributed by atoms with E-state index >= 15 is 0 Å². The SMILES string of the molecule is COc1ccc(N2C(=O)NC(c3ccccc3)C(c3nc(-c4ccc(C)cc4)no3)=C2C)cc1OC. The van der Waals surface area contributed by atoms with Crippen LogP contribution in [-0.4, -0.2) is 30.4 Å². The summed E-state index contributed by atoms with van der Waals surface area (Å²) < 4.78 is 16.6. The van der Waals surface area contributed by atoms with Crippen molar-refractivity contribution in [2.45, 2.75) is 19.9 Å². The molecule has 36 heavy (non-hydrogen) atoms. The minimum Gasteiger partial charge on any atom is -0.493 e. The molecule has 3 aromatic carbocycles. The summed E-state index contributed by atoms with van der Waals surface area (Å²) in [7, 11) is 3.13. The molecule has 0 radical (unpaired) electrons. The molecule has 0 spiro atoms. The first kappa shape index (κ1) is 23.2. The number of amides is 2. The van der Waals surface area contributed by atoms with Crippen LogP contribution in [0.1, 0.15) is 30.0 Å². The lowest BCUT2D eigenvalue weighted by molar-refractivity contribution is 0.244. The number of hydrogen-bond donors (Lipinski definition) is 1. The van der Waals surface area contributed by atoms with Gasteiger partial charge in [0.05, 0.1) is 31.5 Å². The first-order valence-corrected chi connectivity index (χ1v) is 11.5. The van der Waals surface area contributed by atoms with Gasteiger partial charge in [-0.05, 0) is 31.5 Å². The molecule has 8 heteroatoms. The molecule has 4 aromatic rings. The summed E-state index contributed by atoms with van der Waals surface area (Å²) in [5.74, 6) is 1.90. The Kier molecular flexibility index (Phi) is 6.16. The van der Waals surface area contributed by atoms with Crippen LogP contribution in [0.5, 0.6) is 11.5 Å². The van der Waals surface area contributed by atoms with Gasteiger partial charge in [-0.15, -0.1) is 0 Å². The summed E-state index contributed by atoms with van der Waals surface area (Å²) in [6.07, 6.45) is 0. The molecule has 1 N–H and O–H groups in total. The third kappa shape index (κ3) is 4.17. The Balaban J connectivity index is 1.65. The fourth-order valence-electron chi connectivity index (χ4n) is 4.34. The Labute approximate surface area is 209 Å². The smallest absolute Gasteiger partial charge is 0.327 e. The van der Waals surface area contributed by atoms with Gasteiger partial charge in [0.2, 0.25) is 5.82 Å². The van der Waals surface area contributed by atoms with E-state index in [4.69, 9.17) is 19.0 Å². The third-order valence-electron chi connectivity index (χ3n) is 6.21. The summed E-state index contributed by atoms with van der Waals surface area (Å²) in [6.45, 7) is 3.90. The van der Waals surface area contributed by atoms with E-state index in [9.17, 15) is 4.79 Å². The van der Waals surface area contributed by atoms with Crippen molar-refractivity contribution in [1.29, 1.82) is 0 Å². The highest BCUT2D eigenvalue weighted by Gasteiger charge is 2.36. The zero-order chi connectivity index (χ0) is 25.2. The van der Waals surface area contributed by atoms with Crippen LogP contribution in [0.2, 0.25) is 0 Å². The third-order valence-corrected chi connectivity index (χ3v) is 6.21. The van der Waals surface area contributed by atoms with Gasteiger partial charge in [-0.2, -0.15) is 4.98 Å². The molecule has 1 aromatic heterocycles. The van der Waals surface area contributed by atoms with Gasteiger partial charge in [-0.1, -0.05) is 65.3 Å². The summed E-state index contributed by atoms with van der Waals surface area (Å²) in [5.41, 5.74) is 4.89. The average Bonchev–Trinajstić information content (AvgIpc) is 3.39. The second-order valence-corrected chi connectivity index (χ2v) is 8.46. The molecule has 2 heterocycles. The molecule has 0 aliphatic carbocycles. The highest BCUT2D eigenvalue weighted by atomic mass is 16.5. The molecule has 0 saturated carbocycles. The lowest BCUT2D eigenvalue weighted by atomic mass is 9.94. The zero-order valence-electron chi connectivity index (χ0n) is 20.5. The molecule has 0 fully saturated rings. The molecule has 1 aliphatic rings. The summed E-state index contributed by atoms with van der Waals surface area (Å²) >= 11 is 0. The monoisotopic (exact) mass is 482 g/mol. The number of methoxy groups -OCH3 is 2. The highest BCUT2D eigenvalue weighted by Crippen LogP contribution is 2.41. The van der Waals surface area contributed by atoms with Crippen LogP contribution in [0, 0.1) is 6.92 Å². The molecule has 2 amide bonds. The van der Waals surface area contributed by atoms with E-state index in [1.807, 2.05) is 68.4 Å². The zero-order valence-corrected chi connectivity index (χ0v) is 20.5. The largest absolute Gasteiger partial charge is 0.493 e. The number of carbonyl (C=O) groups is 1. The minimum atomic E-state index is -0.471. The Morgan fingerprint density at radius 2 is 1.64 bits per heavy atom. The van der Waals surface area contributed by atoms with Crippen molar-refractivity contribution in [3.63, 3.8) is 0 Å². The van der Waals surface area contributed by atoms with Gasteiger partial charge in [-0.25, -0.2) is 4.79 Å². The number of nitrogens with one attached hydrogen (secondary N) is 1. The Morgan fingerprint density at radius 3 is 2.33 bits per heavy atom. The van der Waals surface area contributed by atoms with Crippen LogP contribution in [-0.2, 0) is 0 Å². The van der Waals surface area contributed by atoms with Crippen molar-refractivity contribution in [3.8, 4) is 22.9 Å². The highest BCUT2D eigenvalue weighted by molar-refractivity contribution is 6.01. The van der Waals surface area contributed by atoms with Crippen LogP contribution >= 0.6 is 0 Å². The number of carbonyl (C=O) groups excluding carboxylic acids is 1. The first-order valence-electron chi connectivity index (χ1n) is 11.5. The van der Waals surface area contributed by atoms with E-state index in [1.54, 1.807) is 37.3 Å². The molecule has 182 valence electrons. The molecule has 0 saturated heterocycles. The molecule has 8 nitrogen and oxygen atoms in total. The second kappa shape index (κ2) is 9.58. The maximum Gasteiger partial charge on any atom is 0.327 e. The molecule has 5 rings (SSSR count). The van der Waals surface area contributed by atoms with E-state index < -0.39 is 6.04 Å². The van der Waals surface area contributed by atoms with Crippen molar-refractivity contribution in [2.24, 2.45) is 0 Å². The van der Waals surface area contributed by atoms with Crippen molar-refractivity contribution in [1.82, 2.24) is 15.5 Å². The van der Waals surface area contributed by atoms with E-state index in [-0.39, 0.29) is 6.03 Å². The average molecular weight is 483 g/mol. The van der Waals surface area contributed by atoms with E-state index in [0.717, 1.165) is 16.7 Å². The number of rotatable bonds is 6. The fraction of sp³-hybridized carbons (Fsp3) is 0.179. The number of benzene rings is 3. The minimum absolute atomic E-state index is 0.282. The maximum absolute atomic E-state index is 13.4. The second-order valence-electron chi connectivity index (χ2n) is 8.46. The van der Waals surface area contributed by atoms with Crippen molar-refractivity contribution >= 4 is 17.3 Å². The summed E-state index contributed by atoms with van der Waals surface area (Å²) in [4.78, 5) is 19.7. The number of allylic oxidation sites excluding steroid dienone is 1. The molecule has 0 bridgehead atoms. The Bertz CT molecular complexity index is 1430. The number of nitrogens with zero attached hydrogens (tertiary/aromatic N) is 3. The van der Waals surface area contributed by atoms with Crippen LogP contribution in [0.25, 0.3) is 17.0 Å². The quantitative estimate of drug-likeness (QED) is 0.376. The molecule has 1 unspecified atom stereocenters. The maximum atomic E-state index is 13.4. The van der Waals surface area contributed by atoms with Crippen LogP contribution in [0.4, 0.5) is 10.5 Å². The molecule has 1 atom stereocenters. The summed E-state index contributed by atoms with van der Waals surface area (Å²) in [6, 6.07) is 22.2. The van der Waals surface area contributed by atoms with Gasteiger partial charge in [0.25, 0.3) is 5.89 Å². The number of aryl methyl sites for hydroxylation is 1. The summed E-state index contributed by atoms with van der Waals surface area (Å²) in [5, 5.41) is 7.34. The van der Waals surface area contributed by atoms with Crippen molar-refractivity contribution in [3.05, 3.63) is 95.5 Å². The number of urea groups is 1. The fourth-order valence-corrected chi connectivity index (χ4v) is 4.34. The molecular formula is C28H26N4O4. The van der Waals surface area contributed by atoms with E-state index in [0.29, 0.717) is 40.2 Å². The van der Waals surface area contributed by atoms with Gasteiger partial charge >= 0.3 is 6.03 Å². The normalized spacial score (nSPS) is 15.6. The van der Waals surface area contributed by atoms with Crippen molar-refractivity contribution < 1.29 is 18.8 Å². The van der Waals surface area contributed by atoms with Crippen LogP contribution in [0.3, 0.4) is 0 Å². The lowest BCUT2D eigenvalue weighted by Gasteiger charge is -2.35.